The number of rotatable bonds is 2. The molecule has 314 valence electrons. The SMILES string of the molecule is c1ccc(-c2ccc3c(c2)c2cc(-c4ccccc4)cc4c2n3-c2cccc3c2B4c2cc4c5ccccc5c5ccccc5c4c4c5cc6c7ccccc7c7ccccc7c6cc5n-3c24)cc1. The number of hydrogen-bond donors (Lipinski definition) is 0. The third-order valence-electron chi connectivity index (χ3n) is 16.2. The lowest BCUT2D eigenvalue weighted by Gasteiger charge is -2.34. The Labute approximate surface area is 396 Å². The maximum absolute atomic E-state index is 2.67. The predicted octanol–water partition coefficient (Wildman–Crippen LogP) is 15.3. The molecule has 0 N–H and O–H groups in total. The third-order valence-corrected chi connectivity index (χ3v) is 16.2. The van der Waals surface area contributed by atoms with E-state index in [1.54, 1.807) is 0 Å². The molecular weight excluding hydrogens is 832 g/mol. The number of nitrogens with zero attached hydrogens (tertiary/aromatic N) is 2. The van der Waals surface area contributed by atoms with Crippen LogP contribution < -0.4 is 16.4 Å². The second-order valence-corrected chi connectivity index (χ2v) is 19.4. The van der Waals surface area contributed by atoms with Crippen LogP contribution in [0.15, 0.2) is 224 Å². The van der Waals surface area contributed by atoms with Crippen LogP contribution in [-0.2, 0) is 0 Å². The van der Waals surface area contributed by atoms with Gasteiger partial charge < -0.3 is 9.13 Å². The van der Waals surface area contributed by atoms with Gasteiger partial charge in [-0.2, -0.15) is 0 Å². The molecule has 4 heterocycles. The van der Waals surface area contributed by atoms with Gasteiger partial charge >= 0.3 is 0 Å². The molecule has 0 fully saturated rings. The molecule has 2 aromatic heterocycles. The zero-order chi connectivity index (χ0) is 44.6. The molecule has 0 radical (unpaired) electrons. The molecule has 0 atom stereocenters. The van der Waals surface area contributed by atoms with Crippen LogP contribution in [0.25, 0.3) is 142 Å². The molecule has 2 nitrogen and oxygen atoms in total. The van der Waals surface area contributed by atoms with Gasteiger partial charge in [-0.25, -0.2) is 0 Å². The Kier molecular flexibility index (Phi) is 6.80. The van der Waals surface area contributed by atoms with Crippen LogP contribution in [0.5, 0.6) is 0 Å². The molecule has 2 aliphatic heterocycles. The van der Waals surface area contributed by atoms with Crippen LogP contribution in [0, 0.1) is 0 Å². The maximum atomic E-state index is 2.67. The van der Waals surface area contributed by atoms with E-state index in [1.165, 1.54) is 158 Å². The second kappa shape index (κ2) is 12.9. The summed E-state index contributed by atoms with van der Waals surface area (Å²) in [5, 5.41) is 20.8. The van der Waals surface area contributed by atoms with E-state index in [-0.39, 0.29) is 6.71 Å². The van der Waals surface area contributed by atoms with Gasteiger partial charge in [0.1, 0.15) is 0 Å². The first kappa shape index (κ1) is 36.2. The molecule has 0 saturated carbocycles. The molecule has 0 unspecified atom stereocenters. The van der Waals surface area contributed by atoms with E-state index < -0.39 is 0 Å². The van der Waals surface area contributed by atoms with E-state index in [0.29, 0.717) is 0 Å². The van der Waals surface area contributed by atoms with Crippen molar-refractivity contribution >= 4 is 131 Å². The van der Waals surface area contributed by atoms with Gasteiger partial charge in [-0.15, -0.1) is 0 Å². The van der Waals surface area contributed by atoms with Gasteiger partial charge in [-0.1, -0.05) is 182 Å². The fourth-order valence-electron chi connectivity index (χ4n) is 13.5. The van der Waals surface area contributed by atoms with Gasteiger partial charge in [0.05, 0.1) is 16.6 Å². The highest BCUT2D eigenvalue weighted by Gasteiger charge is 2.42. The Bertz CT molecular complexity index is 4830. The van der Waals surface area contributed by atoms with Crippen LogP contribution in [-0.4, -0.2) is 15.8 Å². The second-order valence-electron chi connectivity index (χ2n) is 19.4. The fraction of sp³-hybridized carbons (Fsp3) is 0. The largest absolute Gasteiger partial charge is 0.310 e. The number of aromatic nitrogens is 2. The summed E-state index contributed by atoms with van der Waals surface area (Å²) < 4.78 is 5.27. The maximum Gasteiger partial charge on any atom is 0.252 e. The average Bonchev–Trinajstić information content (AvgIpc) is 3.94. The lowest BCUT2D eigenvalue weighted by Crippen LogP contribution is -2.59. The zero-order valence-electron chi connectivity index (χ0n) is 37.3. The molecule has 13 aromatic carbocycles. The minimum atomic E-state index is -0.0298. The molecule has 17 rings (SSSR count). The summed E-state index contributed by atoms with van der Waals surface area (Å²) in [5.74, 6) is 0. The normalized spacial score (nSPS) is 12.9. The third kappa shape index (κ3) is 4.53. The number of fused-ring (bicyclic) bond motifs is 23. The van der Waals surface area contributed by atoms with Crippen LogP contribution in [0.3, 0.4) is 0 Å². The minimum Gasteiger partial charge on any atom is -0.310 e. The Morgan fingerprint density at radius 2 is 0.739 bits per heavy atom. The highest BCUT2D eigenvalue weighted by atomic mass is 15.0. The Balaban J connectivity index is 1.11. The molecule has 0 bridgehead atoms. The number of hydrogen-bond acceptors (Lipinski definition) is 0. The van der Waals surface area contributed by atoms with Gasteiger partial charge in [0, 0.05) is 43.8 Å². The van der Waals surface area contributed by atoms with Crippen LogP contribution in [0.2, 0.25) is 0 Å². The minimum absolute atomic E-state index is 0.0298. The predicted molar refractivity (Wildman–Crippen MR) is 296 cm³/mol. The Morgan fingerprint density at radius 1 is 0.246 bits per heavy atom. The monoisotopic (exact) mass is 868 g/mol. The molecule has 0 amide bonds. The average molecular weight is 869 g/mol. The summed E-state index contributed by atoms with van der Waals surface area (Å²) >= 11 is 0. The van der Waals surface area contributed by atoms with E-state index in [1.807, 2.05) is 0 Å². The fourth-order valence-corrected chi connectivity index (χ4v) is 13.5. The van der Waals surface area contributed by atoms with E-state index in [4.69, 9.17) is 0 Å². The van der Waals surface area contributed by atoms with Gasteiger partial charge in [0.15, 0.2) is 0 Å². The van der Waals surface area contributed by atoms with Crippen molar-refractivity contribution in [2.24, 2.45) is 0 Å². The molecule has 69 heavy (non-hydrogen) atoms. The summed E-state index contributed by atoms with van der Waals surface area (Å²) in [6.45, 7) is -0.0298. The van der Waals surface area contributed by atoms with Crippen molar-refractivity contribution in [3.05, 3.63) is 224 Å². The smallest absolute Gasteiger partial charge is 0.252 e. The van der Waals surface area contributed by atoms with Crippen molar-refractivity contribution in [1.29, 1.82) is 0 Å². The standard InChI is InChI=1S/C66H37BN2/c1-3-16-38(17-4-1)40-30-31-58-52(32-40)54-33-41(39-18-5-2-6-19-39)34-56-65(54)68(58)59-28-15-29-60-64(59)67(56)57-36-53-48-26-12-9-22-44(48)45-23-13-14-27-49(45)62(53)63-55-35-50-46-24-10-7-20-42(46)43-21-8-11-25-47(43)51(50)37-61(55)69(60)66(57)63/h1-37H. The van der Waals surface area contributed by atoms with Crippen molar-refractivity contribution in [1.82, 2.24) is 9.13 Å². The van der Waals surface area contributed by atoms with Gasteiger partial charge in [0.2, 0.25) is 0 Å². The molecule has 0 aliphatic carbocycles. The van der Waals surface area contributed by atoms with E-state index in [0.717, 1.165) is 0 Å². The lowest BCUT2D eigenvalue weighted by molar-refractivity contribution is 1.14. The van der Waals surface area contributed by atoms with Crippen molar-refractivity contribution in [2.75, 3.05) is 0 Å². The first-order chi connectivity index (χ1) is 34.3. The van der Waals surface area contributed by atoms with Crippen LogP contribution >= 0.6 is 0 Å². The molecule has 15 aromatic rings. The van der Waals surface area contributed by atoms with Crippen molar-refractivity contribution in [3.63, 3.8) is 0 Å². The molecule has 0 spiro atoms. The van der Waals surface area contributed by atoms with Gasteiger partial charge in [0.25, 0.3) is 6.71 Å². The van der Waals surface area contributed by atoms with Gasteiger partial charge in [-0.05, 0) is 140 Å². The van der Waals surface area contributed by atoms with E-state index in [2.05, 4.69) is 234 Å². The summed E-state index contributed by atoms with van der Waals surface area (Å²) in [5.41, 5.74) is 16.6. The summed E-state index contributed by atoms with van der Waals surface area (Å²) in [7, 11) is 0. The molecule has 3 heteroatoms. The Morgan fingerprint density at radius 3 is 1.38 bits per heavy atom. The highest BCUT2D eigenvalue weighted by molar-refractivity contribution is 7.00. The van der Waals surface area contributed by atoms with E-state index >= 15 is 0 Å². The molecule has 2 aliphatic rings. The first-order valence-corrected chi connectivity index (χ1v) is 24.2. The van der Waals surface area contributed by atoms with E-state index in [9.17, 15) is 0 Å². The van der Waals surface area contributed by atoms with Crippen LogP contribution in [0.1, 0.15) is 0 Å². The van der Waals surface area contributed by atoms with Crippen molar-refractivity contribution in [3.8, 4) is 33.6 Å². The Hall–Kier alpha value is -8.92. The van der Waals surface area contributed by atoms with Gasteiger partial charge in [-0.3, -0.25) is 0 Å². The topological polar surface area (TPSA) is 9.86 Å². The molecule has 0 saturated heterocycles. The first-order valence-electron chi connectivity index (χ1n) is 24.2. The molecular formula is C66H37BN2. The quantitative estimate of drug-likeness (QED) is 0.121. The highest BCUT2D eigenvalue weighted by Crippen LogP contribution is 2.48. The zero-order valence-corrected chi connectivity index (χ0v) is 37.3. The van der Waals surface area contributed by atoms with Crippen molar-refractivity contribution in [2.45, 2.75) is 0 Å². The number of benzene rings is 13. The summed E-state index contributed by atoms with van der Waals surface area (Å²) in [6.07, 6.45) is 0. The van der Waals surface area contributed by atoms with Crippen LogP contribution in [0.4, 0.5) is 0 Å². The summed E-state index contributed by atoms with van der Waals surface area (Å²) in [4.78, 5) is 0. The van der Waals surface area contributed by atoms with Crippen molar-refractivity contribution < 1.29 is 0 Å². The summed E-state index contributed by atoms with van der Waals surface area (Å²) in [6, 6.07) is 85.0. The lowest BCUT2D eigenvalue weighted by atomic mass is 9.34.